The van der Waals surface area contributed by atoms with E-state index in [0.717, 1.165) is 50.5 Å². The number of likely N-dealkylation sites (tertiary alicyclic amines) is 1. The van der Waals surface area contributed by atoms with E-state index in [-0.39, 0.29) is 6.04 Å². The van der Waals surface area contributed by atoms with Gasteiger partial charge < -0.3 is 10.6 Å². The minimum atomic E-state index is 0.117. The molecular formula is C11H21N3OS. The molecule has 2 N–H and O–H groups in total. The maximum Gasteiger partial charge on any atom is 0.239 e. The summed E-state index contributed by atoms with van der Waals surface area (Å²) in [7, 11) is 0. The van der Waals surface area contributed by atoms with Crippen LogP contribution in [0, 0.1) is 0 Å². The highest BCUT2D eigenvalue weighted by molar-refractivity contribution is 7.99. The van der Waals surface area contributed by atoms with Gasteiger partial charge in [-0.25, -0.2) is 0 Å². The largest absolute Gasteiger partial charge is 0.340 e. The zero-order valence-electron chi connectivity index (χ0n) is 9.73. The predicted molar refractivity (Wildman–Crippen MR) is 67.6 cm³/mol. The maximum absolute atomic E-state index is 12.3. The van der Waals surface area contributed by atoms with E-state index in [1.54, 1.807) is 0 Å². The van der Waals surface area contributed by atoms with E-state index >= 15 is 0 Å². The van der Waals surface area contributed by atoms with Crippen molar-refractivity contribution in [3.63, 3.8) is 0 Å². The molecule has 16 heavy (non-hydrogen) atoms. The van der Waals surface area contributed by atoms with Gasteiger partial charge in [0, 0.05) is 37.7 Å². The fourth-order valence-electron chi connectivity index (χ4n) is 2.53. The molecule has 0 saturated carbocycles. The first kappa shape index (κ1) is 12.2. The minimum Gasteiger partial charge on any atom is -0.340 e. The van der Waals surface area contributed by atoms with E-state index < -0.39 is 0 Å². The van der Waals surface area contributed by atoms with E-state index in [1.807, 2.05) is 16.7 Å². The van der Waals surface area contributed by atoms with E-state index in [4.69, 9.17) is 5.73 Å². The summed E-state index contributed by atoms with van der Waals surface area (Å²) in [6, 6.07) is 0.117. The molecule has 92 valence electrons. The van der Waals surface area contributed by atoms with Crippen LogP contribution < -0.4 is 5.73 Å². The number of hydrogen-bond donors (Lipinski definition) is 1. The average molecular weight is 243 g/mol. The van der Waals surface area contributed by atoms with Crippen LogP contribution in [-0.4, -0.2) is 66.0 Å². The lowest BCUT2D eigenvalue weighted by Crippen LogP contribution is -2.49. The van der Waals surface area contributed by atoms with Crippen LogP contribution in [0.5, 0.6) is 0 Å². The topological polar surface area (TPSA) is 49.6 Å². The summed E-state index contributed by atoms with van der Waals surface area (Å²) < 4.78 is 0. The highest BCUT2D eigenvalue weighted by Gasteiger charge is 2.33. The van der Waals surface area contributed by atoms with Crippen LogP contribution in [0.3, 0.4) is 0 Å². The molecule has 2 rings (SSSR count). The quantitative estimate of drug-likeness (QED) is 0.757. The Morgan fingerprint density at radius 3 is 2.75 bits per heavy atom. The normalized spacial score (nSPS) is 27.3. The number of carbonyl (C=O) groups excluding carboxylic acids is 1. The molecular weight excluding hydrogens is 222 g/mol. The first-order valence-electron chi connectivity index (χ1n) is 6.13. The van der Waals surface area contributed by atoms with E-state index in [2.05, 4.69) is 4.90 Å². The Labute approximate surface area is 102 Å². The summed E-state index contributed by atoms with van der Waals surface area (Å²) in [4.78, 5) is 16.6. The number of amides is 1. The third-order valence-corrected chi connectivity index (χ3v) is 4.33. The van der Waals surface area contributed by atoms with Crippen LogP contribution in [0.1, 0.15) is 12.8 Å². The number of carbonyl (C=O) groups is 1. The lowest BCUT2D eigenvalue weighted by Gasteiger charge is -2.32. The third kappa shape index (κ3) is 2.70. The molecule has 2 fully saturated rings. The van der Waals surface area contributed by atoms with Crippen molar-refractivity contribution in [1.29, 1.82) is 0 Å². The van der Waals surface area contributed by atoms with Gasteiger partial charge in [0.25, 0.3) is 0 Å². The van der Waals surface area contributed by atoms with Crippen molar-refractivity contribution >= 4 is 17.7 Å². The summed E-state index contributed by atoms with van der Waals surface area (Å²) in [6.45, 7) is 4.40. The molecule has 2 aliphatic heterocycles. The smallest absolute Gasteiger partial charge is 0.239 e. The lowest BCUT2D eigenvalue weighted by molar-refractivity contribution is -0.135. The summed E-state index contributed by atoms with van der Waals surface area (Å²) in [5, 5.41) is 0. The van der Waals surface area contributed by atoms with Crippen LogP contribution in [-0.2, 0) is 4.79 Å². The van der Waals surface area contributed by atoms with Gasteiger partial charge >= 0.3 is 0 Å². The highest BCUT2D eigenvalue weighted by Crippen LogP contribution is 2.20. The Kier molecular flexibility index (Phi) is 4.49. The molecule has 2 saturated heterocycles. The van der Waals surface area contributed by atoms with E-state index in [0.29, 0.717) is 12.5 Å². The van der Waals surface area contributed by atoms with Gasteiger partial charge in [0.05, 0.1) is 6.04 Å². The second kappa shape index (κ2) is 5.89. The molecule has 2 heterocycles. The van der Waals surface area contributed by atoms with Crippen molar-refractivity contribution in [2.75, 3.05) is 44.2 Å². The monoisotopic (exact) mass is 243 g/mol. The fourth-order valence-corrected chi connectivity index (χ4v) is 3.44. The number of rotatable bonds is 3. The first-order chi connectivity index (χ1) is 7.83. The molecule has 0 aromatic rings. The number of thioether (sulfide) groups is 1. The number of nitrogens with two attached hydrogens (primary N) is 1. The van der Waals surface area contributed by atoms with Crippen LogP contribution in [0.2, 0.25) is 0 Å². The van der Waals surface area contributed by atoms with Crippen molar-refractivity contribution in [2.45, 2.75) is 18.9 Å². The van der Waals surface area contributed by atoms with Gasteiger partial charge in [-0.05, 0) is 19.4 Å². The molecule has 1 unspecified atom stereocenters. The molecule has 0 aliphatic carbocycles. The van der Waals surface area contributed by atoms with Crippen molar-refractivity contribution in [1.82, 2.24) is 9.80 Å². The Morgan fingerprint density at radius 2 is 2.06 bits per heavy atom. The molecule has 5 heteroatoms. The molecule has 0 spiro atoms. The Morgan fingerprint density at radius 1 is 1.31 bits per heavy atom. The molecule has 0 bridgehead atoms. The predicted octanol–water partition coefficient (Wildman–Crippen LogP) is -0.0151. The molecule has 0 aromatic carbocycles. The molecule has 4 nitrogen and oxygen atoms in total. The number of hydrogen-bond acceptors (Lipinski definition) is 4. The third-order valence-electron chi connectivity index (χ3n) is 3.39. The molecule has 1 amide bonds. The van der Waals surface area contributed by atoms with Gasteiger partial charge in [-0.15, -0.1) is 0 Å². The van der Waals surface area contributed by atoms with Gasteiger partial charge in [0.1, 0.15) is 0 Å². The second-order valence-corrected chi connectivity index (χ2v) is 5.65. The van der Waals surface area contributed by atoms with Gasteiger partial charge in [-0.3, -0.25) is 9.69 Å². The molecule has 0 aromatic heterocycles. The minimum absolute atomic E-state index is 0.117. The Bertz CT molecular complexity index is 243. The van der Waals surface area contributed by atoms with Crippen LogP contribution in [0.4, 0.5) is 0 Å². The Hall–Kier alpha value is -0.260. The van der Waals surface area contributed by atoms with Gasteiger partial charge in [0.15, 0.2) is 0 Å². The SMILES string of the molecule is NCCN1CCCC1C(=O)N1CCSCC1. The van der Waals surface area contributed by atoms with E-state index in [9.17, 15) is 4.79 Å². The summed E-state index contributed by atoms with van der Waals surface area (Å²) in [5.74, 6) is 2.52. The summed E-state index contributed by atoms with van der Waals surface area (Å²) in [5.41, 5.74) is 5.58. The van der Waals surface area contributed by atoms with E-state index in [1.165, 1.54) is 0 Å². The highest BCUT2D eigenvalue weighted by atomic mass is 32.2. The zero-order valence-corrected chi connectivity index (χ0v) is 10.5. The molecule has 0 radical (unpaired) electrons. The Balaban J connectivity index is 1.91. The van der Waals surface area contributed by atoms with Crippen LogP contribution in [0.25, 0.3) is 0 Å². The lowest BCUT2D eigenvalue weighted by atomic mass is 10.2. The maximum atomic E-state index is 12.3. The van der Waals surface area contributed by atoms with Crippen molar-refractivity contribution in [2.24, 2.45) is 5.73 Å². The second-order valence-electron chi connectivity index (χ2n) is 4.42. The summed E-state index contributed by atoms with van der Waals surface area (Å²) >= 11 is 1.94. The standard InChI is InChI=1S/C11H21N3OS/c12-3-5-13-4-1-2-10(13)11(15)14-6-8-16-9-7-14/h10H,1-9,12H2. The van der Waals surface area contributed by atoms with Crippen LogP contribution in [0.15, 0.2) is 0 Å². The van der Waals surface area contributed by atoms with Gasteiger partial charge in [-0.2, -0.15) is 11.8 Å². The summed E-state index contributed by atoms with van der Waals surface area (Å²) in [6.07, 6.45) is 2.15. The van der Waals surface area contributed by atoms with Crippen molar-refractivity contribution in [3.8, 4) is 0 Å². The average Bonchev–Trinajstić information content (AvgIpc) is 2.78. The van der Waals surface area contributed by atoms with Crippen molar-refractivity contribution in [3.05, 3.63) is 0 Å². The molecule has 1 atom stereocenters. The van der Waals surface area contributed by atoms with Gasteiger partial charge in [0.2, 0.25) is 5.91 Å². The van der Waals surface area contributed by atoms with Crippen LogP contribution >= 0.6 is 11.8 Å². The first-order valence-corrected chi connectivity index (χ1v) is 7.29. The van der Waals surface area contributed by atoms with Crippen molar-refractivity contribution < 1.29 is 4.79 Å². The number of nitrogens with zero attached hydrogens (tertiary/aromatic N) is 2. The van der Waals surface area contributed by atoms with Gasteiger partial charge in [-0.1, -0.05) is 0 Å². The molecule has 2 aliphatic rings. The fraction of sp³-hybridized carbons (Fsp3) is 0.909. The zero-order chi connectivity index (χ0) is 11.4.